The van der Waals surface area contributed by atoms with Crippen LogP contribution >= 0.6 is 15.6 Å². The number of carbonyl (C=O) groups excluding carboxylic acids is 4. The number of ether oxygens (including phenoxy) is 4. The van der Waals surface area contributed by atoms with Crippen LogP contribution in [0.2, 0.25) is 0 Å². The first-order valence-electron chi connectivity index (χ1n) is 39.5. The summed E-state index contributed by atoms with van der Waals surface area (Å²) in [5, 5.41) is 10.6. The maximum atomic E-state index is 13.1. The minimum absolute atomic E-state index is 0.0241. The Morgan fingerprint density at radius 2 is 0.510 bits per heavy atom. The summed E-state index contributed by atoms with van der Waals surface area (Å²) >= 11 is 0. The molecule has 0 radical (unpaired) electrons. The summed E-state index contributed by atoms with van der Waals surface area (Å²) in [6.45, 7) is 4.83. The highest BCUT2D eigenvalue weighted by atomic mass is 31.2. The SMILES string of the molecule is CCCCC/C=C\C/C=C\C/C=C\C/C=C\CCCC(=O)O[C@H](COC(=O)CCCCCCCCCCCCCCC)COP(=O)(O)OC[C@H](O)COP(=O)(O)OC[C@@H](COC(=O)CCCCCCCCCCCCCCC)OC(=O)CCCCCCC/C=C\CCCCCCCC. The minimum Gasteiger partial charge on any atom is -0.462 e. The van der Waals surface area contributed by atoms with Crippen molar-refractivity contribution in [3.8, 4) is 0 Å². The van der Waals surface area contributed by atoms with Gasteiger partial charge in [0.15, 0.2) is 12.2 Å². The molecular formula is C79H144O17P2. The molecule has 0 aliphatic heterocycles. The number of aliphatic hydroxyl groups excluding tert-OH is 1. The van der Waals surface area contributed by atoms with Crippen molar-refractivity contribution in [3.05, 3.63) is 60.8 Å². The molecule has 2 unspecified atom stereocenters. The van der Waals surface area contributed by atoms with Gasteiger partial charge in [0.25, 0.3) is 0 Å². The van der Waals surface area contributed by atoms with Crippen LogP contribution in [0, 0.1) is 0 Å². The minimum atomic E-state index is -4.98. The molecule has 0 aromatic heterocycles. The van der Waals surface area contributed by atoms with Crippen LogP contribution in [0.5, 0.6) is 0 Å². The lowest BCUT2D eigenvalue weighted by Gasteiger charge is -2.21. The summed E-state index contributed by atoms with van der Waals surface area (Å²) in [7, 11) is -9.95. The molecule has 98 heavy (non-hydrogen) atoms. The highest BCUT2D eigenvalue weighted by Gasteiger charge is 2.30. The molecule has 19 heteroatoms. The molecule has 0 saturated heterocycles. The second kappa shape index (κ2) is 72.1. The number of aliphatic hydroxyl groups is 1. The molecular weight excluding hydrogens is 1280 g/mol. The topological polar surface area (TPSA) is 237 Å². The van der Waals surface area contributed by atoms with Crippen LogP contribution < -0.4 is 0 Å². The van der Waals surface area contributed by atoms with Crippen LogP contribution in [0.3, 0.4) is 0 Å². The van der Waals surface area contributed by atoms with Gasteiger partial charge in [-0.2, -0.15) is 0 Å². The molecule has 0 amide bonds. The van der Waals surface area contributed by atoms with E-state index < -0.39 is 97.5 Å². The zero-order valence-electron chi connectivity index (χ0n) is 62.5. The van der Waals surface area contributed by atoms with Crippen molar-refractivity contribution in [2.75, 3.05) is 39.6 Å². The summed E-state index contributed by atoms with van der Waals surface area (Å²) in [6.07, 6.45) is 70.6. The maximum Gasteiger partial charge on any atom is 0.472 e. The van der Waals surface area contributed by atoms with E-state index in [0.717, 1.165) is 103 Å². The molecule has 17 nitrogen and oxygen atoms in total. The zero-order valence-corrected chi connectivity index (χ0v) is 64.3. The fourth-order valence-electron chi connectivity index (χ4n) is 10.9. The van der Waals surface area contributed by atoms with E-state index in [2.05, 4.69) is 76.3 Å². The molecule has 572 valence electrons. The second-order valence-corrected chi connectivity index (χ2v) is 29.6. The molecule has 3 N–H and O–H groups in total. The lowest BCUT2D eigenvalue weighted by molar-refractivity contribution is -0.161. The number of unbranched alkanes of at least 4 members (excludes halogenated alkanes) is 39. The number of allylic oxidation sites excluding steroid dienone is 10. The van der Waals surface area contributed by atoms with Crippen molar-refractivity contribution >= 4 is 39.5 Å². The van der Waals surface area contributed by atoms with Gasteiger partial charge in [0.2, 0.25) is 0 Å². The highest BCUT2D eigenvalue weighted by Crippen LogP contribution is 2.45. The van der Waals surface area contributed by atoms with Crippen molar-refractivity contribution in [3.63, 3.8) is 0 Å². The Hall–Kier alpha value is -3.24. The van der Waals surface area contributed by atoms with Crippen LogP contribution in [0.25, 0.3) is 0 Å². The smallest absolute Gasteiger partial charge is 0.462 e. The van der Waals surface area contributed by atoms with E-state index in [1.54, 1.807) is 0 Å². The Balaban J connectivity index is 5.37. The number of esters is 4. The molecule has 0 aromatic rings. The Kier molecular flexibility index (Phi) is 69.7. The largest absolute Gasteiger partial charge is 0.472 e. The van der Waals surface area contributed by atoms with Gasteiger partial charge in [-0.1, -0.05) is 307 Å². The zero-order chi connectivity index (χ0) is 71.8. The molecule has 0 aliphatic rings. The van der Waals surface area contributed by atoms with Crippen molar-refractivity contribution in [2.45, 2.75) is 380 Å². The van der Waals surface area contributed by atoms with Gasteiger partial charge in [0, 0.05) is 25.7 Å². The third-order valence-electron chi connectivity index (χ3n) is 17.0. The quantitative estimate of drug-likeness (QED) is 0.0169. The molecule has 0 spiro atoms. The van der Waals surface area contributed by atoms with Gasteiger partial charge in [-0.25, -0.2) is 9.13 Å². The summed E-state index contributed by atoms with van der Waals surface area (Å²) in [4.78, 5) is 72.9. The van der Waals surface area contributed by atoms with Gasteiger partial charge in [-0.15, -0.1) is 0 Å². The normalized spacial score (nSPS) is 14.2. The lowest BCUT2D eigenvalue weighted by atomic mass is 10.0. The van der Waals surface area contributed by atoms with Gasteiger partial charge in [0.1, 0.15) is 19.3 Å². The molecule has 0 aromatic carbocycles. The molecule has 0 bridgehead atoms. The number of phosphoric acid groups is 2. The maximum absolute atomic E-state index is 13.1. The Bertz CT molecular complexity index is 2100. The summed E-state index contributed by atoms with van der Waals surface area (Å²) in [6, 6.07) is 0. The molecule has 5 atom stereocenters. The van der Waals surface area contributed by atoms with Crippen molar-refractivity contribution in [2.24, 2.45) is 0 Å². The average Bonchev–Trinajstić information content (AvgIpc) is 1.05. The van der Waals surface area contributed by atoms with Crippen molar-refractivity contribution in [1.82, 2.24) is 0 Å². The van der Waals surface area contributed by atoms with Crippen LogP contribution in [0.4, 0.5) is 0 Å². The first-order valence-corrected chi connectivity index (χ1v) is 42.5. The van der Waals surface area contributed by atoms with Crippen LogP contribution in [0.15, 0.2) is 60.8 Å². The van der Waals surface area contributed by atoms with Crippen LogP contribution in [-0.2, 0) is 65.4 Å². The monoisotopic (exact) mass is 1430 g/mol. The molecule has 0 aliphatic carbocycles. The third kappa shape index (κ3) is 71.2. The first kappa shape index (κ1) is 94.8. The van der Waals surface area contributed by atoms with Gasteiger partial charge >= 0.3 is 39.5 Å². The average molecular weight is 1430 g/mol. The van der Waals surface area contributed by atoms with E-state index >= 15 is 0 Å². The van der Waals surface area contributed by atoms with Gasteiger partial charge < -0.3 is 33.8 Å². The van der Waals surface area contributed by atoms with Gasteiger partial charge in [-0.3, -0.25) is 37.3 Å². The van der Waals surface area contributed by atoms with Crippen molar-refractivity contribution in [1.29, 1.82) is 0 Å². The van der Waals surface area contributed by atoms with Crippen LogP contribution in [-0.4, -0.2) is 96.7 Å². The lowest BCUT2D eigenvalue weighted by Crippen LogP contribution is -2.30. The number of carbonyl (C=O) groups is 4. The number of rotatable bonds is 75. The number of hydrogen-bond donors (Lipinski definition) is 3. The van der Waals surface area contributed by atoms with E-state index in [9.17, 15) is 43.2 Å². The van der Waals surface area contributed by atoms with Crippen LogP contribution in [0.1, 0.15) is 362 Å². The highest BCUT2D eigenvalue weighted by molar-refractivity contribution is 7.47. The number of phosphoric ester groups is 2. The third-order valence-corrected chi connectivity index (χ3v) is 18.9. The standard InChI is InChI=1S/C79H144O17P2/c1-5-9-13-17-21-25-29-33-35-36-38-42-46-50-54-58-62-66-79(84)96-75(70-90-77(82)64-60-56-52-48-44-40-32-28-24-20-16-12-8-4)72-94-98(87,88)92-68-73(80)67-91-97(85,86)93-71-74(69-89-76(81)63-59-55-51-47-43-39-31-27-23-19-15-11-7-3)95-78(83)65-61-57-53-49-45-41-37-34-30-26-22-18-14-10-6-2/h21,25,33-35,37-38,42,50,54,73-75,80H,5-20,22-24,26-32,36,39-41,43-49,51-53,55-72H2,1-4H3,(H,85,86)(H,87,88)/b25-21-,35-33-,37-34-,42-38-,54-50-/t73-,74-,75-/m1/s1. The first-order chi connectivity index (χ1) is 47.7. The second-order valence-electron chi connectivity index (χ2n) is 26.7. The predicted molar refractivity (Wildman–Crippen MR) is 400 cm³/mol. The Labute approximate surface area is 597 Å². The van der Waals surface area contributed by atoms with E-state index in [0.29, 0.717) is 32.1 Å². The summed E-state index contributed by atoms with van der Waals surface area (Å²) in [5.74, 6) is -2.22. The fourth-order valence-corrected chi connectivity index (χ4v) is 12.5. The number of hydrogen-bond acceptors (Lipinski definition) is 15. The molecule has 0 rings (SSSR count). The molecule has 0 fully saturated rings. The molecule has 0 heterocycles. The van der Waals surface area contributed by atoms with Crippen molar-refractivity contribution < 1.29 is 80.2 Å². The Morgan fingerprint density at radius 1 is 0.286 bits per heavy atom. The summed E-state index contributed by atoms with van der Waals surface area (Å²) < 4.78 is 68.5. The van der Waals surface area contributed by atoms with E-state index in [-0.39, 0.29) is 25.7 Å². The predicted octanol–water partition coefficient (Wildman–Crippen LogP) is 22.7. The molecule has 0 saturated carbocycles. The van der Waals surface area contributed by atoms with E-state index in [1.165, 1.54) is 173 Å². The Morgan fingerprint density at radius 3 is 0.837 bits per heavy atom. The van der Waals surface area contributed by atoms with E-state index in [4.69, 9.17) is 37.0 Å². The van der Waals surface area contributed by atoms with Gasteiger partial charge in [0.05, 0.1) is 26.4 Å². The van der Waals surface area contributed by atoms with E-state index in [1.807, 2.05) is 12.2 Å². The van der Waals surface area contributed by atoms with Gasteiger partial charge in [-0.05, 0) is 89.9 Å². The fraction of sp³-hybridized carbons (Fsp3) is 0.823. The summed E-state index contributed by atoms with van der Waals surface area (Å²) in [5.41, 5.74) is 0.